The van der Waals surface area contributed by atoms with Crippen molar-refractivity contribution in [2.75, 3.05) is 19.3 Å². The molecule has 1 amide bonds. The van der Waals surface area contributed by atoms with Gasteiger partial charge in [0.15, 0.2) is 0 Å². The van der Waals surface area contributed by atoms with Crippen LogP contribution in [0, 0.1) is 5.92 Å². The first-order valence-electron chi connectivity index (χ1n) is 4.60. The van der Waals surface area contributed by atoms with Crippen LogP contribution in [-0.2, 0) is 0 Å². The number of hydrogen-bond acceptors (Lipinski definition) is 3. The fourth-order valence-electron chi connectivity index (χ4n) is 1.30. The molecular weight excluding hydrogens is 196 g/mol. The second-order valence-electron chi connectivity index (χ2n) is 3.78. The molecule has 1 aromatic heterocycles. The molecule has 1 heterocycles. The molecule has 0 unspecified atom stereocenters. The van der Waals surface area contributed by atoms with E-state index in [1.165, 1.54) is 11.3 Å². The van der Waals surface area contributed by atoms with Gasteiger partial charge in [-0.25, -0.2) is 0 Å². The van der Waals surface area contributed by atoms with Crippen molar-refractivity contribution in [2.24, 2.45) is 5.92 Å². The van der Waals surface area contributed by atoms with E-state index in [-0.39, 0.29) is 5.91 Å². The molecule has 0 spiro atoms. The van der Waals surface area contributed by atoms with Gasteiger partial charge in [0, 0.05) is 13.6 Å². The molecule has 2 N–H and O–H groups in total. The Morgan fingerprint density at radius 2 is 2.29 bits per heavy atom. The highest BCUT2D eigenvalue weighted by Crippen LogP contribution is 2.20. The Morgan fingerprint density at radius 1 is 1.64 bits per heavy atom. The van der Waals surface area contributed by atoms with Crippen LogP contribution in [0.4, 0.5) is 5.69 Å². The molecule has 0 fully saturated rings. The number of carbonyl (C=O) groups is 1. The van der Waals surface area contributed by atoms with Crippen molar-refractivity contribution in [1.82, 2.24) is 4.90 Å². The third kappa shape index (κ3) is 2.48. The molecule has 14 heavy (non-hydrogen) atoms. The summed E-state index contributed by atoms with van der Waals surface area (Å²) in [5.41, 5.74) is 6.25. The number of nitrogen functional groups attached to an aromatic ring is 1. The Balaban J connectivity index is 2.71. The van der Waals surface area contributed by atoms with E-state index >= 15 is 0 Å². The maximum Gasteiger partial charge on any atom is 0.265 e. The highest BCUT2D eigenvalue weighted by Gasteiger charge is 2.16. The van der Waals surface area contributed by atoms with Gasteiger partial charge in [0.2, 0.25) is 0 Å². The smallest absolute Gasteiger partial charge is 0.265 e. The van der Waals surface area contributed by atoms with E-state index in [1.807, 2.05) is 12.4 Å². The van der Waals surface area contributed by atoms with E-state index in [1.54, 1.807) is 11.0 Å². The molecule has 1 rings (SSSR count). The van der Waals surface area contributed by atoms with Crippen LogP contribution >= 0.6 is 11.3 Å². The Kier molecular flexibility index (Phi) is 3.52. The fourth-order valence-corrected chi connectivity index (χ4v) is 2.11. The van der Waals surface area contributed by atoms with E-state index in [0.717, 1.165) is 6.54 Å². The lowest BCUT2D eigenvalue weighted by Gasteiger charge is -2.18. The summed E-state index contributed by atoms with van der Waals surface area (Å²) in [5.74, 6) is 0.497. The molecule has 4 heteroatoms. The van der Waals surface area contributed by atoms with E-state index < -0.39 is 0 Å². The lowest BCUT2D eigenvalue weighted by molar-refractivity contribution is 0.0785. The quantitative estimate of drug-likeness (QED) is 0.833. The van der Waals surface area contributed by atoms with Crippen molar-refractivity contribution in [3.05, 3.63) is 16.3 Å². The first kappa shape index (κ1) is 11.0. The van der Waals surface area contributed by atoms with Crippen molar-refractivity contribution >= 4 is 22.9 Å². The molecule has 3 nitrogen and oxygen atoms in total. The van der Waals surface area contributed by atoms with Gasteiger partial charge in [0.1, 0.15) is 4.88 Å². The molecular formula is C10H16N2OS. The number of hydrogen-bond donors (Lipinski definition) is 1. The van der Waals surface area contributed by atoms with Crippen LogP contribution < -0.4 is 5.73 Å². The number of nitrogens with two attached hydrogens (primary N) is 1. The summed E-state index contributed by atoms with van der Waals surface area (Å²) in [6, 6.07) is 1.76. The van der Waals surface area contributed by atoms with Gasteiger partial charge in [0.25, 0.3) is 5.91 Å². The number of carbonyl (C=O) groups excluding carboxylic acids is 1. The SMILES string of the molecule is CC(C)CN(C)C(=O)c1sccc1N. The van der Waals surface area contributed by atoms with Gasteiger partial charge < -0.3 is 10.6 Å². The Morgan fingerprint density at radius 3 is 2.71 bits per heavy atom. The standard InChI is InChI=1S/C10H16N2OS/c1-7(2)6-12(3)10(13)9-8(11)4-5-14-9/h4-5,7H,6,11H2,1-3H3. The second kappa shape index (κ2) is 4.46. The minimum absolute atomic E-state index is 0.0196. The van der Waals surface area contributed by atoms with Crippen molar-refractivity contribution in [3.8, 4) is 0 Å². The van der Waals surface area contributed by atoms with Crippen molar-refractivity contribution in [2.45, 2.75) is 13.8 Å². The van der Waals surface area contributed by atoms with Gasteiger partial charge in [-0.2, -0.15) is 0 Å². The molecule has 0 aliphatic carbocycles. The summed E-state index contributed by atoms with van der Waals surface area (Å²) in [5, 5.41) is 1.84. The maximum absolute atomic E-state index is 11.8. The van der Waals surface area contributed by atoms with E-state index in [0.29, 0.717) is 16.5 Å². The highest BCUT2D eigenvalue weighted by molar-refractivity contribution is 7.12. The van der Waals surface area contributed by atoms with Gasteiger partial charge in [-0.05, 0) is 17.4 Å². The number of nitrogens with zero attached hydrogens (tertiary/aromatic N) is 1. The molecule has 78 valence electrons. The third-order valence-corrected chi connectivity index (χ3v) is 2.79. The minimum atomic E-state index is 0.0196. The topological polar surface area (TPSA) is 46.3 Å². The molecule has 1 aromatic rings. The number of anilines is 1. The first-order chi connectivity index (χ1) is 6.52. The lowest BCUT2D eigenvalue weighted by atomic mass is 10.2. The summed E-state index contributed by atoms with van der Waals surface area (Å²) in [4.78, 5) is 14.2. The van der Waals surface area contributed by atoms with Crippen LogP contribution in [0.25, 0.3) is 0 Å². The molecule has 0 aliphatic rings. The van der Waals surface area contributed by atoms with Crippen LogP contribution in [0.1, 0.15) is 23.5 Å². The zero-order valence-corrected chi connectivity index (χ0v) is 9.60. The minimum Gasteiger partial charge on any atom is -0.397 e. The Labute approximate surface area is 88.5 Å². The normalized spacial score (nSPS) is 10.6. The van der Waals surface area contributed by atoms with Gasteiger partial charge in [-0.1, -0.05) is 13.8 Å². The molecule has 0 saturated heterocycles. The second-order valence-corrected chi connectivity index (χ2v) is 4.70. The molecule has 0 saturated carbocycles. The number of amides is 1. The number of rotatable bonds is 3. The lowest BCUT2D eigenvalue weighted by Crippen LogP contribution is -2.30. The largest absolute Gasteiger partial charge is 0.397 e. The average molecular weight is 212 g/mol. The summed E-state index contributed by atoms with van der Waals surface area (Å²) >= 11 is 1.40. The van der Waals surface area contributed by atoms with Gasteiger partial charge in [-0.3, -0.25) is 4.79 Å². The zero-order valence-electron chi connectivity index (χ0n) is 8.78. The zero-order chi connectivity index (χ0) is 10.7. The fraction of sp³-hybridized carbons (Fsp3) is 0.500. The highest BCUT2D eigenvalue weighted by atomic mass is 32.1. The monoisotopic (exact) mass is 212 g/mol. The summed E-state index contributed by atoms with van der Waals surface area (Å²) in [7, 11) is 1.81. The van der Waals surface area contributed by atoms with Crippen LogP contribution in [0.2, 0.25) is 0 Å². The van der Waals surface area contributed by atoms with Crippen LogP contribution in [0.15, 0.2) is 11.4 Å². The molecule has 0 aromatic carbocycles. The van der Waals surface area contributed by atoms with Gasteiger partial charge >= 0.3 is 0 Å². The average Bonchev–Trinajstić information content (AvgIpc) is 2.48. The van der Waals surface area contributed by atoms with Crippen molar-refractivity contribution in [1.29, 1.82) is 0 Å². The van der Waals surface area contributed by atoms with Crippen LogP contribution in [0.3, 0.4) is 0 Å². The van der Waals surface area contributed by atoms with Gasteiger partial charge in [-0.15, -0.1) is 11.3 Å². The number of thiophene rings is 1. The van der Waals surface area contributed by atoms with Crippen molar-refractivity contribution in [3.63, 3.8) is 0 Å². The van der Waals surface area contributed by atoms with Crippen LogP contribution in [0.5, 0.6) is 0 Å². The Hall–Kier alpha value is -1.03. The Bertz CT molecular complexity index is 320. The summed E-state index contributed by atoms with van der Waals surface area (Å²) in [6.45, 7) is 4.93. The van der Waals surface area contributed by atoms with Crippen LogP contribution in [-0.4, -0.2) is 24.4 Å². The van der Waals surface area contributed by atoms with E-state index in [4.69, 9.17) is 5.73 Å². The predicted molar refractivity (Wildman–Crippen MR) is 60.5 cm³/mol. The maximum atomic E-state index is 11.8. The summed E-state index contributed by atoms with van der Waals surface area (Å²) < 4.78 is 0. The molecule has 0 radical (unpaired) electrons. The molecule has 0 aliphatic heterocycles. The van der Waals surface area contributed by atoms with Crippen molar-refractivity contribution < 1.29 is 4.79 Å². The summed E-state index contributed by atoms with van der Waals surface area (Å²) in [6.07, 6.45) is 0. The third-order valence-electron chi connectivity index (χ3n) is 1.88. The van der Waals surface area contributed by atoms with E-state index in [2.05, 4.69) is 13.8 Å². The first-order valence-corrected chi connectivity index (χ1v) is 5.48. The molecule has 0 bridgehead atoms. The van der Waals surface area contributed by atoms with Gasteiger partial charge in [0.05, 0.1) is 5.69 Å². The predicted octanol–water partition coefficient (Wildman–Crippen LogP) is 2.06. The van der Waals surface area contributed by atoms with E-state index in [9.17, 15) is 4.79 Å². The molecule has 0 atom stereocenters.